The standard InChI is InChI=1S/C15H10N4O10/c1-8(11-4-2-9(16(21)22)6-12(11)18(25)26)15(20)29-14-5-3-10(17(23)24)7-13(14)19(27)28/h2-8H,1H3. The molecule has 14 heteroatoms. The summed E-state index contributed by atoms with van der Waals surface area (Å²) >= 11 is 0. The van der Waals surface area contributed by atoms with E-state index in [2.05, 4.69) is 0 Å². The molecule has 1 unspecified atom stereocenters. The van der Waals surface area contributed by atoms with Crippen molar-refractivity contribution in [2.24, 2.45) is 0 Å². The third kappa shape index (κ3) is 4.44. The summed E-state index contributed by atoms with van der Waals surface area (Å²) < 4.78 is 4.91. The van der Waals surface area contributed by atoms with E-state index in [0.717, 1.165) is 24.3 Å². The topological polar surface area (TPSA) is 199 Å². The fraction of sp³-hybridized carbons (Fsp3) is 0.133. The van der Waals surface area contributed by atoms with E-state index in [0.29, 0.717) is 12.1 Å². The van der Waals surface area contributed by atoms with Gasteiger partial charge in [-0.15, -0.1) is 0 Å². The summed E-state index contributed by atoms with van der Waals surface area (Å²) in [7, 11) is 0. The molecule has 2 aromatic rings. The zero-order chi connectivity index (χ0) is 21.9. The third-order valence-electron chi connectivity index (χ3n) is 3.80. The fourth-order valence-electron chi connectivity index (χ4n) is 2.34. The summed E-state index contributed by atoms with van der Waals surface area (Å²) in [5, 5.41) is 43.8. The second-order valence-electron chi connectivity index (χ2n) is 5.57. The average Bonchev–Trinajstić information content (AvgIpc) is 2.66. The number of benzene rings is 2. The molecule has 1 atom stereocenters. The average molecular weight is 406 g/mol. The van der Waals surface area contributed by atoms with Crippen LogP contribution >= 0.6 is 0 Å². The van der Waals surface area contributed by atoms with Gasteiger partial charge in [-0.2, -0.15) is 0 Å². The predicted octanol–water partition coefficient (Wildman–Crippen LogP) is 3.03. The predicted molar refractivity (Wildman–Crippen MR) is 93.6 cm³/mol. The molecule has 0 aliphatic carbocycles. The molecule has 0 bridgehead atoms. The van der Waals surface area contributed by atoms with Gasteiger partial charge in [0.15, 0.2) is 0 Å². The largest absolute Gasteiger partial charge is 0.419 e. The van der Waals surface area contributed by atoms with Crippen molar-refractivity contribution in [2.75, 3.05) is 0 Å². The minimum absolute atomic E-state index is 0.213. The first-order valence-electron chi connectivity index (χ1n) is 7.60. The Morgan fingerprint density at radius 1 is 0.793 bits per heavy atom. The summed E-state index contributed by atoms with van der Waals surface area (Å²) in [5.74, 6) is -3.06. The van der Waals surface area contributed by atoms with Crippen LogP contribution in [0.4, 0.5) is 22.7 Å². The van der Waals surface area contributed by atoms with E-state index in [-0.39, 0.29) is 5.56 Å². The molecule has 150 valence electrons. The molecule has 2 rings (SSSR count). The number of hydrogen-bond donors (Lipinski definition) is 0. The Morgan fingerprint density at radius 2 is 1.28 bits per heavy atom. The van der Waals surface area contributed by atoms with Crippen LogP contribution in [-0.2, 0) is 4.79 Å². The van der Waals surface area contributed by atoms with Gasteiger partial charge < -0.3 is 4.74 Å². The maximum atomic E-state index is 12.4. The molecule has 0 amide bonds. The van der Waals surface area contributed by atoms with Crippen LogP contribution in [0.2, 0.25) is 0 Å². The maximum Gasteiger partial charge on any atom is 0.319 e. The fourth-order valence-corrected chi connectivity index (χ4v) is 2.34. The van der Waals surface area contributed by atoms with E-state index >= 15 is 0 Å². The molecule has 14 nitrogen and oxygen atoms in total. The molecular formula is C15H10N4O10. The smallest absolute Gasteiger partial charge is 0.319 e. The molecule has 0 aromatic heterocycles. The number of esters is 1. The normalized spacial score (nSPS) is 11.3. The lowest BCUT2D eigenvalue weighted by Crippen LogP contribution is -2.18. The molecule has 0 saturated carbocycles. The number of carbonyl (C=O) groups is 1. The van der Waals surface area contributed by atoms with E-state index < -0.39 is 60.1 Å². The number of non-ortho nitro benzene ring substituents is 2. The molecule has 0 fully saturated rings. The quantitative estimate of drug-likeness (QED) is 0.285. The zero-order valence-corrected chi connectivity index (χ0v) is 14.4. The highest BCUT2D eigenvalue weighted by Gasteiger charge is 2.30. The second kappa shape index (κ2) is 8.03. The van der Waals surface area contributed by atoms with Crippen molar-refractivity contribution in [2.45, 2.75) is 12.8 Å². The van der Waals surface area contributed by atoms with E-state index in [9.17, 15) is 45.3 Å². The Hall–Kier alpha value is -4.49. The number of nitrogens with zero attached hydrogens (tertiary/aromatic N) is 4. The SMILES string of the molecule is CC(C(=O)Oc1ccc([N+](=O)[O-])cc1[N+](=O)[O-])c1ccc([N+](=O)[O-])cc1[N+](=O)[O-]. The van der Waals surface area contributed by atoms with E-state index in [1.54, 1.807) is 0 Å². The monoisotopic (exact) mass is 406 g/mol. The Labute approximate surface area is 159 Å². The lowest BCUT2D eigenvalue weighted by molar-refractivity contribution is -0.394. The Kier molecular flexibility index (Phi) is 5.77. The van der Waals surface area contributed by atoms with Crippen molar-refractivity contribution in [3.8, 4) is 5.75 Å². The van der Waals surface area contributed by atoms with Gasteiger partial charge >= 0.3 is 11.7 Å². The van der Waals surface area contributed by atoms with Gasteiger partial charge in [0.2, 0.25) is 5.75 Å². The molecule has 2 aromatic carbocycles. The van der Waals surface area contributed by atoms with Crippen LogP contribution in [0, 0.1) is 40.5 Å². The molecule has 0 aliphatic rings. The first-order chi connectivity index (χ1) is 13.5. The summed E-state index contributed by atoms with van der Waals surface area (Å²) in [6.07, 6.45) is 0. The molecular weight excluding hydrogens is 396 g/mol. The first kappa shape index (κ1) is 20.8. The molecule has 0 spiro atoms. The summed E-state index contributed by atoms with van der Waals surface area (Å²) in [5.41, 5.74) is -2.93. The number of nitro groups is 4. The van der Waals surface area contributed by atoms with Crippen molar-refractivity contribution < 1.29 is 29.2 Å². The number of ether oxygens (including phenoxy) is 1. The Balaban J connectivity index is 2.39. The van der Waals surface area contributed by atoms with Crippen LogP contribution < -0.4 is 4.74 Å². The van der Waals surface area contributed by atoms with Crippen LogP contribution in [-0.4, -0.2) is 25.7 Å². The van der Waals surface area contributed by atoms with Gasteiger partial charge in [0, 0.05) is 17.7 Å². The molecule has 0 saturated heterocycles. The van der Waals surface area contributed by atoms with E-state index in [4.69, 9.17) is 4.74 Å². The van der Waals surface area contributed by atoms with Gasteiger partial charge in [-0.05, 0) is 19.1 Å². The van der Waals surface area contributed by atoms with Gasteiger partial charge in [-0.25, -0.2) is 0 Å². The minimum Gasteiger partial charge on any atom is -0.419 e. The highest BCUT2D eigenvalue weighted by atomic mass is 16.6. The van der Waals surface area contributed by atoms with Crippen molar-refractivity contribution in [1.82, 2.24) is 0 Å². The highest BCUT2D eigenvalue weighted by Crippen LogP contribution is 2.34. The van der Waals surface area contributed by atoms with Crippen molar-refractivity contribution in [3.05, 3.63) is 82.4 Å². The summed E-state index contributed by atoms with van der Waals surface area (Å²) in [6.45, 7) is 1.20. The minimum atomic E-state index is -1.33. The molecule has 0 N–H and O–H groups in total. The zero-order valence-electron chi connectivity index (χ0n) is 14.4. The summed E-state index contributed by atoms with van der Waals surface area (Å²) in [4.78, 5) is 52.6. The van der Waals surface area contributed by atoms with Gasteiger partial charge in [-0.1, -0.05) is 0 Å². The number of nitro benzene ring substituents is 4. The molecule has 0 aliphatic heterocycles. The first-order valence-corrected chi connectivity index (χ1v) is 7.60. The highest BCUT2D eigenvalue weighted by molar-refractivity contribution is 5.82. The molecule has 0 radical (unpaired) electrons. The van der Waals surface area contributed by atoms with E-state index in [1.807, 2.05) is 0 Å². The number of rotatable bonds is 7. The molecule has 0 heterocycles. The Bertz CT molecular complexity index is 1050. The lowest BCUT2D eigenvalue weighted by Gasteiger charge is -2.12. The molecule has 29 heavy (non-hydrogen) atoms. The van der Waals surface area contributed by atoms with Crippen molar-refractivity contribution in [3.63, 3.8) is 0 Å². The van der Waals surface area contributed by atoms with Gasteiger partial charge in [0.25, 0.3) is 17.1 Å². The van der Waals surface area contributed by atoms with Crippen LogP contribution in [0.3, 0.4) is 0 Å². The van der Waals surface area contributed by atoms with Crippen LogP contribution in [0.5, 0.6) is 5.75 Å². The lowest BCUT2D eigenvalue weighted by atomic mass is 9.99. The third-order valence-corrected chi connectivity index (χ3v) is 3.80. The van der Waals surface area contributed by atoms with Crippen molar-refractivity contribution in [1.29, 1.82) is 0 Å². The number of carbonyl (C=O) groups excluding carboxylic acids is 1. The Morgan fingerprint density at radius 3 is 1.76 bits per heavy atom. The van der Waals surface area contributed by atoms with Crippen LogP contribution in [0.1, 0.15) is 18.4 Å². The van der Waals surface area contributed by atoms with Gasteiger partial charge in [0.1, 0.15) is 0 Å². The van der Waals surface area contributed by atoms with Crippen molar-refractivity contribution >= 4 is 28.7 Å². The number of hydrogen-bond acceptors (Lipinski definition) is 10. The van der Waals surface area contributed by atoms with E-state index in [1.165, 1.54) is 6.92 Å². The van der Waals surface area contributed by atoms with Gasteiger partial charge in [-0.3, -0.25) is 45.3 Å². The maximum absolute atomic E-state index is 12.4. The summed E-state index contributed by atoms with van der Waals surface area (Å²) in [6, 6.07) is 4.97. The van der Waals surface area contributed by atoms with Crippen LogP contribution in [0.15, 0.2) is 36.4 Å². The van der Waals surface area contributed by atoms with Crippen LogP contribution in [0.25, 0.3) is 0 Å². The second-order valence-corrected chi connectivity index (χ2v) is 5.57. The van der Waals surface area contributed by atoms with Gasteiger partial charge in [0.05, 0.1) is 37.7 Å².